The highest BCUT2D eigenvalue weighted by Gasteiger charge is 2.45. The van der Waals surface area contributed by atoms with E-state index in [1.165, 1.54) is 13.0 Å². The Labute approximate surface area is 127 Å². The van der Waals surface area contributed by atoms with Gasteiger partial charge in [-0.05, 0) is 18.9 Å². The summed E-state index contributed by atoms with van der Waals surface area (Å²) in [7, 11) is 0. The van der Waals surface area contributed by atoms with E-state index in [2.05, 4.69) is 5.32 Å². The Morgan fingerprint density at radius 2 is 2.14 bits per heavy atom. The number of amides is 1. The number of hydrogen-bond donors (Lipinski definition) is 5. The van der Waals surface area contributed by atoms with E-state index in [-0.39, 0.29) is 11.7 Å². The molecule has 1 aliphatic carbocycles. The molecule has 6 atom stereocenters. The highest BCUT2D eigenvalue weighted by molar-refractivity contribution is 5.84. The number of aliphatic carboxylic acids is 1. The van der Waals surface area contributed by atoms with Crippen molar-refractivity contribution in [3.05, 3.63) is 11.8 Å². The molecule has 8 heteroatoms. The van der Waals surface area contributed by atoms with Gasteiger partial charge in [0, 0.05) is 12.8 Å². The standard InChI is InChI=1S/C14H22N2O6/c1-6(17)16-11-8(15)5-10(14(20)21)22-13(11)12(19)7-3-2-4-9(7)18/h5,7-9,11-13,18-19H,2-4,15H2,1H3,(H,16,17)(H,20,21)/t7?,8-,9?,11+,12?,13+/m0/s1. The highest BCUT2D eigenvalue weighted by Crippen LogP contribution is 2.33. The summed E-state index contributed by atoms with van der Waals surface area (Å²) >= 11 is 0. The summed E-state index contributed by atoms with van der Waals surface area (Å²) in [6.45, 7) is 1.30. The van der Waals surface area contributed by atoms with Crippen molar-refractivity contribution in [3.63, 3.8) is 0 Å². The Kier molecular flexibility index (Phi) is 5.05. The predicted octanol–water partition coefficient (Wildman–Crippen LogP) is -1.29. The summed E-state index contributed by atoms with van der Waals surface area (Å²) in [5.74, 6) is -2.44. The van der Waals surface area contributed by atoms with E-state index in [1.807, 2.05) is 0 Å². The Morgan fingerprint density at radius 1 is 1.45 bits per heavy atom. The maximum atomic E-state index is 11.3. The van der Waals surface area contributed by atoms with Crippen molar-refractivity contribution in [1.82, 2.24) is 5.32 Å². The van der Waals surface area contributed by atoms with E-state index < -0.39 is 42.3 Å². The van der Waals surface area contributed by atoms with Crippen molar-refractivity contribution < 1.29 is 29.6 Å². The number of nitrogens with one attached hydrogen (secondary N) is 1. The second kappa shape index (κ2) is 6.64. The fourth-order valence-corrected chi connectivity index (χ4v) is 3.18. The van der Waals surface area contributed by atoms with Crippen molar-refractivity contribution in [3.8, 4) is 0 Å². The number of aliphatic hydroxyl groups is 2. The minimum atomic E-state index is -1.29. The molecule has 0 aromatic heterocycles. The zero-order valence-electron chi connectivity index (χ0n) is 12.3. The van der Waals surface area contributed by atoms with Gasteiger partial charge in [-0.3, -0.25) is 4.79 Å². The van der Waals surface area contributed by atoms with Gasteiger partial charge in [-0.25, -0.2) is 4.79 Å². The third-order valence-corrected chi connectivity index (χ3v) is 4.26. The molecule has 0 spiro atoms. The van der Waals surface area contributed by atoms with Crippen LogP contribution in [0.5, 0.6) is 0 Å². The first-order chi connectivity index (χ1) is 10.3. The molecule has 2 rings (SSSR count). The second-order valence-electron chi connectivity index (χ2n) is 5.87. The van der Waals surface area contributed by atoms with Gasteiger partial charge in [0.25, 0.3) is 0 Å². The van der Waals surface area contributed by atoms with Gasteiger partial charge in [0.15, 0.2) is 0 Å². The average molecular weight is 314 g/mol. The molecule has 124 valence electrons. The lowest BCUT2D eigenvalue weighted by Gasteiger charge is -2.39. The third kappa shape index (κ3) is 3.40. The quantitative estimate of drug-likeness (QED) is 0.434. The molecule has 1 fully saturated rings. The molecule has 8 nitrogen and oxygen atoms in total. The zero-order chi connectivity index (χ0) is 16.4. The smallest absolute Gasteiger partial charge is 0.370 e. The van der Waals surface area contributed by atoms with Gasteiger partial charge < -0.3 is 31.1 Å². The van der Waals surface area contributed by atoms with E-state index in [4.69, 9.17) is 15.6 Å². The molecule has 1 aliphatic heterocycles. The molecule has 0 aromatic rings. The van der Waals surface area contributed by atoms with Crippen molar-refractivity contribution in [2.75, 3.05) is 0 Å². The topological polar surface area (TPSA) is 142 Å². The van der Waals surface area contributed by atoms with Crippen LogP contribution in [0.15, 0.2) is 11.8 Å². The minimum absolute atomic E-state index is 0.356. The summed E-state index contributed by atoms with van der Waals surface area (Å²) < 4.78 is 5.36. The predicted molar refractivity (Wildman–Crippen MR) is 75.5 cm³/mol. The summed E-state index contributed by atoms with van der Waals surface area (Å²) in [4.78, 5) is 22.5. The molecular weight excluding hydrogens is 292 g/mol. The van der Waals surface area contributed by atoms with Crippen molar-refractivity contribution in [2.45, 2.75) is 56.6 Å². The minimum Gasteiger partial charge on any atom is -0.478 e. The molecule has 0 saturated heterocycles. The number of carboxylic acids is 1. The van der Waals surface area contributed by atoms with E-state index in [9.17, 15) is 19.8 Å². The number of carboxylic acid groups (broad SMARTS) is 1. The van der Waals surface area contributed by atoms with Crippen LogP contribution in [0.4, 0.5) is 0 Å². The Balaban J connectivity index is 2.24. The fraction of sp³-hybridized carbons (Fsp3) is 0.714. The molecule has 0 bridgehead atoms. The van der Waals surface area contributed by atoms with Gasteiger partial charge in [0.1, 0.15) is 6.10 Å². The molecule has 0 radical (unpaired) electrons. The lowest BCUT2D eigenvalue weighted by molar-refractivity contribution is -0.143. The van der Waals surface area contributed by atoms with Crippen LogP contribution >= 0.6 is 0 Å². The van der Waals surface area contributed by atoms with Crippen LogP contribution < -0.4 is 11.1 Å². The van der Waals surface area contributed by atoms with Crippen LogP contribution in [-0.4, -0.2) is 57.6 Å². The van der Waals surface area contributed by atoms with Gasteiger partial charge in [-0.1, -0.05) is 6.42 Å². The number of aliphatic hydroxyl groups excluding tert-OH is 2. The normalized spacial score (nSPS) is 36.2. The zero-order valence-corrected chi connectivity index (χ0v) is 12.3. The number of nitrogens with two attached hydrogens (primary N) is 1. The summed E-state index contributed by atoms with van der Waals surface area (Å²) in [6, 6.07) is -1.56. The third-order valence-electron chi connectivity index (χ3n) is 4.26. The van der Waals surface area contributed by atoms with Crippen LogP contribution in [0, 0.1) is 5.92 Å². The Bertz CT molecular complexity index is 480. The Morgan fingerprint density at radius 3 is 2.64 bits per heavy atom. The monoisotopic (exact) mass is 314 g/mol. The summed E-state index contributed by atoms with van der Waals surface area (Å²) in [5, 5.41) is 32.1. The number of carbonyl (C=O) groups is 2. The van der Waals surface area contributed by atoms with Gasteiger partial charge >= 0.3 is 5.97 Å². The number of rotatable bonds is 4. The maximum Gasteiger partial charge on any atom is 0.370 e. The van der Waals surface area contributed by atoms with Crippen molar-refractivity contribution in [1.29, 1.82) is 0 Å². The van der Waals surface area contributed by atoms with Gasteiger partial charge in [-0.15, -0.1) is 0 Å². The lowest BCUT2D eigenvalue weighted by Crippen LogP contribution is -2.61. The fourth-order valence-electron chi connectivity index (χ4n) is 3.18. The van der Waals surface area contributed by atoms with E-state index in [0.717, 1.165) is 6.42 Å². The summed E-state index contributed by atoms with van der Waals surface area (Å²) in [6.07, 6.45) is 0.345. The number of carbonyl (C=O) groups excluding carboxylic acids is 1. The van der Waals surface area contributed by atoms with Crippen LogP contribution in [0.1, 0.15) is 26.2 Å². The highest BCUT2D eigenvalue weighted by atomic mass is 16.5. The van der Waals surface area contributed by atoms with Crippen LogP contribution in [0.2, 0.25) is 0 Å². The SMILES string of the molecule is CC(=O)N[C@@H]1[C@@H](N)C=C(C(=O)O)O[C@H]1C(O)C1CCCC1O. The van der Waals surface area contributed by atoms with Gasteiger partial charge in [0.05, 0.1) is 24.3 Å². The number of hydrogen-bond acceptors (Lipinski definition) is 6. The molecule has 6 N–H and O–H groups in total. The first-order valence-electron chi connectivity index (χ1n) is 7.32. The van der Waals surface area contributed by atoms with Gasteiger partial charge in [-0.2, -0.15) is 0 Å². The van der Waals surface area contributed by atoms with E-state index >= 15 is 0 Å². The van der Waals surface area contributed by atoms with Gasteiger partial charge in [0.2, 0.25) is 11.7 Å². The Hall–Kier alpha value is -1.64. The first-order valence-corrected chi connectivity index (χ1v) is 7.32. The molecule has 1 heterocycles. The average Bonchev–Trinajstić information content (AvgIpc) is 2.85. The second-order valence-corrected chi connectivity index (χ2v) is 5.87. The van der Waals surface area contributed by atoms with Crippen molar-refractivity contribution in [2.24, 2.45) is 11.7 Å². The molecule has 3 unspecified atom stereocenters. The largest absolute Gasteiger partial charge is 0.478 e. The molecule has 1 saturated carbocycles. The molecular formula is C14H22N2O6. The molecule has 22 heavy (non-hydrogen) atoms. The van der Waals surface area contributed by atoms with E-state index in [0.29, 0.717) is 12.8 Å². The molecule has 1 amide bonds. The first kappa shape index (κ1) is 16.7. The molecule has 2 aliphatic rings. The number of ether oxygens (including phenoxy) is 1. The lowest BCUT2D eigenvalue weighted by atomic mass is 9.86. The van der Waals surface area contributed by atoms with Crippen LogP contribution in [0.25, 0.3) is 0 Å². The van der Waals surface area contributed by atoms with Crippen LogP contribution in [-0.2, 0) is 14.3 Å². The van der Waals surface area contributed by atoms with E-state index in [1.54, 1.807) is 0 Å². The summed E-state index contributed by atoms with van der Waals surface area (Å²) in [5.41, 5.74) is 5.91. The molecule has 0 aromatic carbocycles. The maximum absolute atomic E-state index is 11.3. The van der Waals surface area contributed by atoms with Crippen LogP contribution in [0.3, 0.4) is 0 Å². The van der Waals surface area contributed by atoms with Crippen molar-refractivity contribution >= 4 is 11.9 Å².